The third-order valence-electron chi connectivity index (χ3n) is 4.03. The number of nitrogens with one attached hydrogen (secondary N) is 1. The summed E-state index contributed by atoms with van der Waals surface area (Å²) in [6.45, 7) is 1.21. The van der Waals surface area contributed by atoms with Crippen LogP contribution in [0.2, 0.25) is 15.1 Å². The fourth-order valence-corrected chi connectivity index (χ4v) is 3.30. The van der Waals surface area contributed by atoms with Crippen LogP contribution in [0.4, 0.5) is 0 Å². The summed E-state index contributed by atoms with van der Waals surface area (Å²) in [5.41, 5.74) is 6.97. The fraction of sp³-hybridized carbons (Fsp3) is 0.300. The topological polar surface area (TPSA) is 96.9 Å². The summed E-state index contributed by atoms with van der Waals surface area (Å²) in [6.07, 6.45) is 1.25. The Balaban J connectivity index is 2.02. The Hall–Kier alpha value is -1.99. The van der Waals surface area contributed by atoms with E-state index in [2.05, 4.69) is 10.5 Å². The van der Waals surface area contributed by atoms with Gasteiger partial charge in [-0.2, -0.15) is 0 Å². The number of halogens is 3. The first kappa shape index (κ1) is 23.3. The molecule has 0 heterocycles. The first-order valence-electron chi connectivity index (χ1n) is 8.99. The van der Waals surface area contributed by atoms with E-state index in [4.69, 9.17) is 45.3 Å². The molecule has 0 saturated heterocycles. The molecule has 0 bridgehead atoms. The van der Waals surface area contributed by atoms with Crippen LogP contribution >= 0.6 is 34.8 Å². The fourth-order valence-electron chi connectivity index (χ4n) is 2.58. The highest BCUT2D eigenvalue weighted by molar-refractivity contribution is 6.39. The van der Waals surface area contributed by atoms with E-state index >= 15 is 0 Å². The molecule has 0 fully saturated rings. The average Bonchev–Trinajstić information content (AvgIpc) is 2.69. The van der Waals surface area contributed by atoms with Crippen LogP contribution in [-0.4, -0.2) is 36.5 Å². The van der Waals surface area contributed by atoms with E-state index in [0.29, 0.717) is 58.9 Å². The van der Waals surface area contributed by atoms with E-state index in [0.717, 1.165) is 5.56 Å². The zero-order chi connectivity index (χ0) is 21.2. The van der Waals surface area contributed by atoms with Crippen LogP contribution in [0.3, 0.4) is 0 Å². The van der Waals surface area contributed by atoms with Gasteiger partial charge in [0.15, 0.2) is 0 Å². The summed E-state index contributed by atoms with van der Waals surface area (Å²) in [6, 6.07) is 10.5. The van der Waals surface area contributed by atoms with Crippen LogP contribution < -0.4 is 15.8 Å². The van der Waals surface area contributed by atoms with Crippen molar-refractivity contribution in [1.82, 2.24) is 5.32 Å². The molecule has 4 N–H and O–H groups in total. The molecule has 2 aromatic carbocycles. The van der Waals surface area contributed by atoms with E-state index in [9.17, 15) is 10.0 Å². The van der Waals surface area contributed by atoms with Gasteiger partial charge in [0.1, 0.15) is 11.5 Å². The quantitative estimate of drug-likeness (QED) is 0.216. The van der Waals surface area contributed by atoms with Crippen molar-refractivity contribution in [1.29, 1.82) is 0 Å². The standard InChI is InChI=1S/C20H22Cl3N3O3/c21-15-4-2-13(3-5-15)6-8-25-20(27)18(26-28)11-14-10-16(22)12-17(23)19(14)29-9-1-7-24/h2-5,10,12,28H,1,6-9,11,24H2,(H,25,27)/b26-18-. The van der Waals surface area contributed by atoms with Gasteiger partial charge in [0.05, 0.1) is 11.6 Å². The van der Waals surface area contributed by atoms with Gasteiger partial charge in [0, 0.05) is 28.6 Å². The molecule has 0 atom stereocenters. The van der Waals surface area contributed by atoms with E-state index in [1.807, 2.05) is 12.1 Å². The highest BCUT2D eigenvalue weighted by atomic mass is 35.5. The number of hydrogen-bond donors (Lipinski definition) is 3. The van der Waals surface area contributed by atoms with Crippen molar-refractivity contribution < 1.29 is 14.7 Å². The molecule has 0 aliphatic heterocycles. The van der Waals surface area contributed by atoms with Crippen molar-refractivity contribution in [2.75, 3.05) is 19.7 Å². The Labute approximate surface area is 184 Å². The molecule has 0 radical (unpaired) electrons. The first-order valence-corrected chi connectivity index (χ1v) is 10.1. The lowest BCUT2D eigenvalue weighted by atomic mass is 10.1. The Morgan fingerprint density at radius 3 is 2.52 bits per heavy atom. The van der Waals surface area contributed by atoms with Crippen LogP contribution in [0.15, 0.2) is 41.6 Å². The van der Waals surface area contributed by atoms with E-state index < -0.39 is 5.91 Å². The summed E-state index contributed by atoms with van der Waals surface area (Å²) in [5.74, 6) is -0.106. The van der Waals surface area contributed by atoms with Crippen molar-refractivity contribution in [2.24, 2.45) is 10.9 Å². The minimum atomic E-state index is -0.495. The van der Waals surface area contributed by atoms with Crippen molar-refractivity contribution in [2.45, 2.75) is 19.3 Å². The van der Waals surface area contributed by atoms with Crippen LogP contribution in [0.25, 0.3) is 0 Å². The van der Waals surface area contributed by atoms with E-state index in [-0.39, 0.29) is 12.1 Å². The predicted octanol–water partition coefficient (Wildman–Crippen LogP) is 4.11. The summed E-state index contributed by atoms with van der Waals surface area (Å²) in [5, 5.41) is 16.6. The van der Waals surface area contributed by atoms with Crippen LogP contribution in [-0.2, 0) is 17.6 Å². The number of carbonyl (C=O) groups is 1. The second-order valence-corrected chi connectivity index (χ2v) is 7.50. The number of nitrogens with two attached hydrogens (primary N) is 1. The molecule has 156 valence electrons. The second kappa shape index (κ2) is 11.9. The molecule has 9 heteroatoms. The number of ether oxygens (including phenoxy) is 1. The second-order valence-electron chi connectivity index (χ2n) is 6.22. The number of oxime groups is 1. The molecule has 6 nitrogen and oxygen atoms in total. The molecular weight excluding hydrogens is 437 g/mol. The Morgan fingerprint density at radius 2 is 1.86 bits per heavy atom. The number of carbonyl (C=O) groups excluding carboxylic acids is 1. The number of benzene rings is 2. The van der Waals surface area contributed by atoms with Gasteiger partial charge in [-0.25, -0.2) is 0 Å². The van der Waals surface area contributed by atoms with Crippen molar-refractivity contribution >= 4 is 46.4 Å². The molecule has 0 aromatic heterocycles. The largest absolute Gasteiger partial charge is 0.492 e. The maximum absolute atomic E-state index is 12.4. The van der Waals surface area contributed by atoms with Gasteiger partial charge in [0.2, 0.25) is 0 Å². The number of hydrogen-bond acceptors (Lipinski definition) is 5. The predicted molar refractivity (Wildman–Crippen MR) is 117 cm³/mol. The molecule has 2 rings (SSSR count). The summed E-state index contributed by atoms with van der Waals surface area (Å²) in [4.78, 5) is 12.4. The molecule has 0 spiro atoms. The zero-order valence-corrected chi connectivity index (χ0v) is 17.9. The van der Waals surface area contributed by atoms with E-state index in [1.165, 1.54) is 0 Å². The maximum Gasteiger partial charge on any atom is 0.269 e. The van der Waals surface area contributed by atoms with Crippen LogP contribution in [0, 0.1) is 0 Å². The SMILES string of the molecule is NCCCOc1c(Cl)cc(Cl)cc1C/C(=N/O)C(=O)NCCc1ccc(Cl)cc1. The van der Waals surface area contributed by atoms with Crippen LogP contribution in [0.1, 0.15) is 17.5 Å². The summed E-state index contributed by atoms with van der Waals surface area (Å²) in [7, 11) is 0. The van der Waals surface area contributed by atoms with Gasteiger partial charge in [-0.05, 0) is 49.2 Å². The van der Waals surface area contributed by atoms with Crippen molar-refractivity contribution in [3.05, 3.63) is 62.6 Å². The Kier molecular flexibility index (Phi) is 9.54. The van der Waals surface area contributed by atoms with Crippen molar-refractivity contribution in [3.63, 3.8) is 0 Å². The maximum atomic E-state index is 12.4. The minimum absolute atomic E-state index is 0.00150. The normalized spacial score (nSPS) is 11.4. The number of nitrogens with zero attached hydrogens (tertiary/aromatic N) is 1. The Morgan fingerprint density at radius 1 is 1.14 bits per heavy atom. The van der Waals surface area contributed by atoms with Crippen molar-refractivity contribution in [3.8, 4) is 5.75 Å². The molecule has 0 aliphatic carbocycles. The molecular formula is C20H22Cl3N3O3. The third kappa shape index (κ3) is 7.40. The average molecular weight is 459 g/mol. The van der Waals surface area contributed by atoms with E-state index in [1.54, 1.807) is 24.3 Å². The summed E-state index contributed by atoms with van der Waals surface area (Å²) >= 11 is 18.2. The lowest BCUT2D eigenvalue weighted by molar-refractivity contribution is -0.115. The Bertz CT molecular complexity index is 858. The molecule has 0 saturated carbocycles. The van der Waals surface area contributed by atoms with Crippen LogP contribution in [0.5, 0.6) is 5.75 Å². The molecule has 29 heavy (non-hydrogen) atoms. The van der Waals surface area contributed by atoms with Gasteiger partial charge in [-0.3, -0.25) is 4.79 Å². The molecule has 0 unspecified atom stereocenters. The lowest BCUT2D eigenvalue weighted by Gasteiger charge is -2.14. The van der Waals surface area contributed by atoms with Gasteiger partial charge < -0.3 is 21.0 Å². The molecule has 1 amide bonds. The minimum Gasteiger partial charge on any atom is -0.492 e. The summed E-state index contributed by atoms with van der Waals surface area (Å²) < 4.78 is 5.69. The molecule has 0 aliphatic rings. The number of amides is 1. The first-order chi connectivity index (χ1) is 13.9. The zero-order valence-electron chi connectivity index (χ0n) is 15.6. The third-order valence-corrected chi connectivity index (χ3v) is 4.78. The molecule has 2 aromatic rings. The van der Waals surface area contributed by atoms with Gasteiger partial charge >= 0.3 is 0 Å². The van der Waals surface area contributed by atoms with Gasteiger partial charge in [0.25, 0.3) is 5.91 Å². The van der Waals surface area contributed by atoms with Gasteiger partial charge in [-0.15, -0.1) is 0 Å². The highest BCUT2D eigenvalue weighted by Gasteiger charge is 2.18. The monoisotopic (exact) mass is 457 g/mol. The highest BCUT2D eigenvalue weighted by Crippen LogP contribution is 2.33. The lowest BCUT2D eigenvalue weighted by Crippen LogP contribution is -2.33. The number of rotatable bonds is 10. The van der Waals surface area contributed by atoms with Gasteiger partial charge in [-0.1, -0.05) is 52.1 Å². The smallest absolute Gasteiger partial charge is 0.269 e.